The maximum absolute atomic E-state index is 12.3. The molecule has 2 nitrogen and oxygen atoms in total. The van der Waals surface area contributed by atoms with Crippen molar-refractivity contribution in [1.29, 1.82) is 0 Å². The van der Waals surface area contributed by atoms with Crippen molar-refractivity contribution in [1.82, 2.24) is 4.98 Å². The van der Waals surface area contributed by atoms with Gasteiger partial charge in [-0.1, -0.05) is 23.2 Å². The van der Waals surface area contributed by atoms with Crippen molar-refractivity contribution in [3.05, 3.63) is 27.5 Å². The van der Waals surface area contributed by atoms with Crippen molar-refractivity contribution in [2.24, 2.45) is 5.73 Å². The van der Waals surface area contributed by atoms with E-state index in [1.807, 2.05) is 0 Å². The molecule has 0 fully saturated rings. The molecule has 0 aliphatic carbocycles. The number of alkyl halides is 2. The normalized spacial score (nSPS) is 10.9. The van der Waals surface area contributed by atoms with E-state index < -0.39 is 6.43 Å². The molecule has 72 valence electrons. The lowest BCUT2D eigenvalue weighted by atomic mass is 10.2. The van der Waals surface area contributed by atoms with Crippen LogP contribution in [0.15, 0.2) is 6.07 Å². The van der Waals surface area contributed by atoms with Gasteiger partial charge in [0.1, 0.15) is 10.3 Å². The van der Waals surface area contributed by atoms with Gasteiger partial charge in [-0.2, -0.15) is 0 Å². The first-order valence-electron chi connectivity index (χ1n) is 3.39. The third-order valence-electron chi connectivity index (χ3n) is 1.48. The first-order chi connectivity index (χ1) is 6.06. The third-order valence-corrected chi connectivity index (χ3v) is 2.11. The summed E-state index contributed by atoms with van der Waals surface area (Å²) in [6, 6.07) is 1.17. The average Bonchev–Trinajstić information content (AvgIpc) is 2.03. The Bertz CT molecular complexity index is 318. The number of pyridine rings is 1. The molecular weight excluding hydrogens is 221 g/mol. The van der Waals surface area contributed by atoms with Crippen LogP contribution < -0.4 is 5.73 Å². The first-order valence-corrected chi connectivity index (χ1v) is 4.15. The van der Waals surface area contributed by atoms with E-state index in [0.29, 0.717) is 5.56 Å². The molecule has 0 unspecified atom stereocenters. The molecule has 1 heterocycles. The highest BCUT2D eigenvalue weighted by Crippen LogP contribution is 2.28. The lowest BCUT2D eigenvalue weighted by molar-refractivity contribution is 0.151. The van der Waals surface area contributed by atoms with Gasteiger partial charge in [0, 0.05) is 12.1 Å². The van der Waals surface area contributed by atoms with E-state index in [2.05, 4.69) is 4.98 Å². The zero-order valence-corrected chi connectivity index (χ0v) is 7.91. The lowest BCUT2D eigenvalue weighted by Gasteiger charge is -2.06. The monoisotopic (exact) mass is 226 g/mol. The Kier molecular flexibility index (Phi) is 3.41. The zero-order valence-electron chi connectivity index (χ0n) is 6.40. The second-order valence-corrected chi connectivity index (χ2v) is 3.04. The molecule has 1 aromatic heterocycles. The summed E-state index contributed by atoms with van der Waals surface area (Å²) >= 11 is 11.0. The van der Waals surface area contributed by atoms with Crippen LogP contribution in [0.5, 0.6) is 0 Å². The Morgan fingerprint density at radius 3 is 2.46 bits per heavy atom. The number of rotatable bonds is 2. The van der Waals surface area contributed by atoms with Crippen LogP contribution in [0.1, 0.15) is 17.6 Å². The van der Waals surface area contributed by atoms with Gasteiger partial charge >= 0.3 is 0 Å². The summed E-state index contributed by atoms with van der Waals surface area (Å²) in [6.07, 6.45) is -2.66. The highest BCUT2D eigenvalue weighted by molar-refractivity contribution is 6.33. The fourth-order valence-electron chi connectivity index (χ4n) is 0.826. The summed E-state index contributed by atoms with van der Waals surface area (Å²) < 4.78 is 24.5. The van der Waals surface area contributed by atoms with Crippen molar-refractivity contribution >= 4 is 23.2 Å². The van der Waals surface area contributed by atoms with Gasteiger partial charge in [0.05, 0.1) is 5.56 Å². The largest absolute Gasteiger partial charge is 0.326 e. The molecule has 0 aliphatic heterocycles. The van der Waals surface area contributed by atoms with E-state index in [4.69, 9.17) is 28.9 Å². The number of nitrogens with two attached hydrogens (primary N) is 1. The molecule has 2 N–H and O–H groups in total. The molecule has 0 saturated heterocycles. The number of aromatic nitrogens is 1. The highest BCUT2D eigenvalue weighted by Gasteiger charge is 2.15. The van der Waals surface area contributed by atoms with Crippen molar-refractivity contribution < 1.29 is 8.78 Å². The average molecular weight is 227 g/mol. The van der Waals surface area contributed by atoms with E-state index in [-0.39, 0.29) is 22.4 Å². The molecular formula is C7H6Cl2F2N2. The zero-order chi connectivity index (χ0) is 10.0. The van der Waals surface area contributed by atoms with E-state index >= 15 is 0 Å². The number of halogens is 4. The summed E-state index contributed by atoms with van der Waals surface area (Å²) in [5.41, 5.74) is 5.28. The van der Waals surface area contributed by atoms with Crippen LogP contribution in [-0.2, 0) is 6.54 Å². The van der Waals surface area contributed by atoms with Gasteiger partial charge in [-0.15, -0.1) is 0 Å². The maximum Gasteiger partial charge on any atom is 0.266 e. The fourth-order valence-corrected chi connectivity index (χ4v) is 1.31. The summed E-state index contributed by atoms with van der Waals surface area (Å²) in [4.78, 5) is 3.54. The summed E-state index contributed by atoms with van der Waals surface area (Å²) in [6.45, 7) is 0.0583. The molecule has 0 bridgehead atoms. The summed E-state index contributed by atoms with van der Waals surface area (Å²) in [7, 11) is 0. The minimum atomic E-state index is -2.66. The predicted octanol–water partition coefficient (Wildman–Crippen LogP) is 2.78. The number of hydrogen-bond donors (Lipinski definition) is 1. The van der Waals surface area contributed by atoms with Gasteiger partial charge < -0.3 is 5.73 Å². The lowest BCUT2D eigenvalue weighted by Crippen LogP contribution is -2.01. The fraction of sp³-hybridized carbons (Fsp3) is 0.286. The van der Waals surface area contributed by atoms with Crippen molar-refractivity contribution in [3.63, 3.8) is 0 Å². The molecule has 0 radical (unpaired) electrons. The first kappa shape index (κ1) is 10.6. The molecule has 0 atom stereocenters. The Labute approximate surface area is 83.7 Å². The summed E-state index contributed by atoms with van der Waals surface area (Å²) in [5, 5.41) is -0.214. The Hall–Kier alpha value is -0.450. The van der Waals surface area contributed by atoms with Crippen molar-refractivity contribution in [2.45, 2.75) is 13.0 Å². The Morgan fingerprint density at radius 2 is 2.00 bits per heavy atom. The van der Waals surface area contributed by atoms with E-state index in [1.54, 1.807) is 0 Å². The van der Waals surface area contributed by atoms with Gasteiger partial charge in [-0.25, -0.2) is 13.8 Å². The number of nitrogens with zero attached hydrogens (tertiary/aromatic N) is 1. The van der Waals surface area contributed by atoms with Crippen LogP contribution in [0.4, 0.5) is 8.78 Å². The van der Waals surface area contributed by atoms with Gasteiger partial charge in [-0.3, -0.25) is 0 Å². The van der Waals surface area contributed by atoms with Gasteiger partial charge in [-0.05, 0) is 6.07 Å². The second-order valence-electron chi connectivity index (χ2n) is 2.32. The van der Waals surface area contributed by atoms with Gasteiger partial charge in [0.25, 0.3) is 6.43 Å². The molecule has 0 spiro atoms. The van der Waals surface area contributed by atoms with Crippen LogP contribution in [0.3, 0.4) is 0 Å². The van der Waals surface area contributed by atoms with E-state index in [0.717, 1.165) is 0 Å². The minimum absolute atomic E-state index is 0.0583. The molecule has 1 aromatic rings. The van der Waals surface area contributed by atoms with Crippen LogP contribution in [0, 0.1) is 0 Å². The topological polar surface area (TPSA) is 38.9 Å². The number of hydrogen-bond acceptors (Lipinski definition) is 2. The van der Waals surface area contributed by atoms with Crippen LogP contribution in [0.25, 0.3) is 0 Å². The van der Waals surface area contributed by atoms with Gasteiger partial charge in [0.15, 0.2) is 0 Å². The SMILES string of the molecule is NCc1cc(C(F)F)c(Cl)nc1Cl. The molecule has 0 amide bonds. The van der Waals surface area contributed by atoms with Crippen molar-refractivity contribution in [2.75, 3.05) is 0 Å². The van der Waals surface area contributed by atoms with E-state index in [1.165, 1.54) is 6.07 Å². The molecule has 0 aromatic carbocycles. The van der Waals surface area contributed by atoms with Crippen LogP contribution in [0.2, 0.25) is 10.3 Å². The molecule has 1 rings (SSSR count). The van der Waals surface area contributed by atoms with Crippen LogP contribution >= 0.6 is 23.2 Å². The summed E-state index contributed by atoms with van der Waals surface area (Å²) in [5.74, 6) is 0. The predicted molar refractivity (Wildman–Crippen MR) is 47.1 cm³/mol. The third kappa shape index (κ3) is 2.27. The maximum atomic E-state index is 12.3. The van der Waals surface area contributed by atoms with Gasteiger partial charge in [0.2, 0.25) is 0 Å². The van der Waals surface area contributed by atoms with Crippen LogP contribution in [-0.4, -0.2) is 4.98 Å². The molecule has 6 heteroatoms. The quantitative estimate of drug-likeness (QED) is 0.789. The van der Waals surface area contributed by atoms with E-state index in [9.17, 15) is 8.78 Å². The van der Waals surface area contributed by atoms with Crippen molar-refractivity contribution in [3.8, 4) is 0 Å². The standard InChI is InChI=1S/C7H6Cl2F2N2/c8-5-3(2-12)1-4(7(10)11)6(9)13-5/h1,7H,2,12H2. The minimum Gasteiger partial charge on any atom is -0.326 e. The molecule has 0 saturated carbocycles. The Morgan fingerprint density at radius 1 is 1.38 bits per heavy atom. The second kappa shape index (κ2) is 4.17. The highest BCUT2D eigenvalue weighted by atomic mass is 35.5. The molecule has 0 aliphatic rings. The molecule has 13 heavy (non-hydrogen) atoms. The smallest absolute Gasteiger partial charge is 0.266 e. The Balaban J connectivity index is 3.22.